The summed E-state index contributed by atoms with van der Waals surface area (Å²) in [5, 5.41) is 3.66. The molecule has 0 unspecified atom stereocenters. The SMILES string of the molecule is CC(=O)N1C=Cc2ccccc2[C@H]1CC(=O)Nc1ccc2c(C)cc(=O)oc2c1. The Hall–Kier alpha value is -3.67. The van der Waals surface area contributed by atoms with Gasteiger partial charge in [0, 0.05) is 36.3 Å². The summed E-state index contributed by atoms with van der Waals surface area (Å²) in [5.41, 5.74) is 3.26. The fourth-order valence-corrected chi connectivity index (χ4v) is 3.70. The average molecular weight is 388 g/mol. The van der Waals surface area contributed by atoms with E-state index < -0.39 is 5.63 Å². The number of anilines is 1. The molecule has 0 saturated carbocycles. The van der Waals surface area contributed by atoms with Gasteiger partial charge in [-0.05, 0) is 41.8 Å². The topological polar surface area (TPSA) is 79.6 Å². The summed E-state index contributed by atoms with van der Waals surface area (Å²) in [7, 11) is 0. The predicted octanol–water partition coefficient (Wildman–Crippen LogP) is 4.00. The Morgan fingerprint density at radius 3 is 2.72 bits per heavy atom. The number of carbonyl (C=O) groups is 2. The molecule has 2 aromatic carbocycles. The lowest BCUT2D eigenvalue weighted by Crippen LogP contribution is -2.33. The van der Waals surface area contributed by atoms with Crippen molar-refractivity contribution in [2.24, 2.45) is 0 Å². The molecule has 6 nitrogen and oxygen atoms in total. The van der Waals surface area contributed by atoms with Crippen molar-refractivity contribution in [2.45, 2.75) is 26.3 Å². The number of hydrogen-bond donors (Lipinski definition) is 1. The summed E-state index contributed by atoms with van der Waals surface area (Å²) >= 11 is 0. The number of benzene rings is 2. The van der Waals surface area contributed by atoms with Gasteiger partial charge in [-0.25, -0.2) is 4.79 Å². The van der Waals surface area contributed by atoms with Crippen molar-refractivity contribution < 1.29 is 14.0 Å². The third-order valence-corrected chi connectivity index (χ3v) is 5.08. The molecule has 1 N–H and O–H groups in total. The van der Waals surface area contributed by atoms with Crippen molar-refractivity contribution in [2.75, 3.05) is 5.32 Å². The molecule has 1 atom stereocenters. The lowest BCUT2D eigenvalue weighted by atomic mass is 9.93. The molecule has 2 amide bonds. The monoisotopic (exact) mass is 388 g/mol. The minimum absolute atomic E-state index is 0.108. The Balaban J connectivity index is 1.59. The number of hydrogen-bond acceptors (Lipinski definition) is 4. The van der Waals surface area contributed by atoms with Crippen molar-refractivity contribution in [3.05, 3.63) is 81.8 Å². The average Bonchev–Trinajstić information content (AvgIpc) is 2.67. The van der Waals surface area contributed by atoms with E-state index in [9.17, 15) is 14.4 Å². The van der Waals surface area contributed by atoms with Gasteiger partial charge in [-0.2, -0.15) is 0 Å². The summed E-state index contributed by atoms with van der Waals surface area (Å²) in [6.45, 7) is 3.32. The summed E-state index contributed by atoms with van der Waals surface area (Å²) in [6.07, 6.45) is 3.70. The fourth-order valence-electron chi connectivity index (χ4n) is 3.70. The Kier molecular flexibility index (Phi) is 4.76. The molecule has 0 radical (unpaired) electrons. The standard InChI is InChI=1S/C23H20N2O4/c1-14-11-23(28)29-21-12-17(7-8-18(14)21)24-22(27)13-20-19-6-4-3-5-16(19)9-10-25(20)15(2)26/h3-12,20H,13H2,1-2H3,(H,24,27)/t20-/m1/s1. The number of aryl methyl sites for hydroxylation is 1. The van der Waals surface area contributed by atoms with E-state index in [0.717, 1.165) is 22.1 Å². The molecule has 0 spiro atoms. The first-order chi connectivity index (χ1) is 13.9. The van der Waals surface area contributed by atoms with Gasteiger partial charge in [0.25, 0.3) is 0 Å². The van der Waals surface area contributed by atoms with Crippen LogP contribution >= 0.6 is 0 Å². The van der Waals surface area contributed by atoms with Gasteiger partial charge in [-0.3, -0.25) is 9.59 Å². The van der Waals surface area contributed by atoms with E-state index in [-0.39, 0.29) is 24.3 Å². The summed E-state index contributed by atoms with van der Waals surface area (Å²) in [6, 6.07) is 14.0. The molecule has 4 rings (SSSR count). The van der Waals surface area contributed by atoms with Crippen molar-refractivity contribution in [3.8, 4) is 0 Å². The highest BCUT2D eigenvalue weighted by Gasteiger charge is 2.28. The third-order valence-electron chi connectivity index (χ3n) is 5.08. The Bertz CT molecular complexity index is 1210. The first-order valence-electron chi connectivity index (χ1n) is 9.33. The molecule has 6 heteroatoms. The highest BCUT2D eigenvalue weighted by Crippen LogP contribution is 2.33. The van der Waals surface area contributed by atoms with Crippen LogP contribution in [0.5, 0.6) is 0 Å². The normalized spacial score (nSPS) is 15.2. The molecule has 0 bridgehead atoms. The third kappa shape index (κ3) is 3.69. The van der Waals surface area contributed by atoms with E-state index in [2.05, 4.69) is 5.32 Å². The Morgan fingerprint density at radius 1 is 1.14 bits per heavy atom. The molecule has 1 aliphatic heterocycles. The molecule has 146 valence electrons. The Labute approximate surface area is 167 Å². The van der Waals surface area contributed by atoms with Gasteiger partial charge >= 0.3 is 5.63 Å². The van der Waals surface area contributed by atoms with E-state index in [4.69, 9.17) is 4.42 Å². The summed E-state index contributed by atoms with van der Waals surface area (Å²) in [5.74, 6) is -0.364. The van der Waals surface area contributed by atoms with Crippen molar-refractivity contribution >= 4 is 34.5 Å². The molecule has 2 heterocycles. The highest BCUT2D eigenvalue weighted by molar-refractivity contribution is 5.94. The van der Waals surface area contributed by atoms with E-state index in [1.165, 1.54) is 13.0 Å². The zero-order chi connectivity index (χ0) is 20.5. The van der Waals surface area contributed by atoms with Crippen LogP contribution in [0.4, 0.5) is 5.69 Å². The van der Waals surface area contributed by atoms with Crippen LogP contribution in [0, 0.1) is 6.92 Å². The van der Waals surface area contributed by atoms with Crippen LogP contribution in [0.3, 0.4) is 0 Å². The van der Waals surface area contributed by atoms with E-state index in [1.807, 2.05) is 43.3 Å². The van der Waals surface area contributed by atoms with Gasteiger partial charge < -0.3 is 14.6 Å². The molecule has 0 aliphatic carbocycles. The molecule has 29 heavy (non-hydrogen) atoms. The largest absolute Gasteiger partial charge is 0.423 e. The van der Waals surface area contributed by atoms with Gasteiger partial charge in [0.1, 0.15) is 5.58 Å². The van der Waals surface area contributed by atoms with Gasteiger partial charge in [0.15, 0.2) is 0 Å². The second kappa shape index (κ2) is 7.39. The van der Waals surface area contributed by atoms with E-state index in [0.29, 0.717) is 11.3 Å². The molecule has 1 aromatic heterocycles. The number of carbonyl (C=O) groups excluding carboxylic acids is 2. The van der Waals surface area contributed by atoms with Crippen LogP contribution in [0.2, 0.25) is 0 Å². The van der Waals surface area contributed by atoms with Gasteiger partial charge in [-0.15, -0.1) is 0 Å². The van der Waals surface area contributed by atoms with Crippen LogP contribution in [0.1, 0.15) is 36.1 Å². The summed E-state index contributed by atoms with van der Waals surface area (Å²) in [4.78, 5) is 38.0. The van der Waals surface area contributed by atoms with Crippen LogP contribution in [0.25, 0.3) is 17.0 Å². The van der Waals surface area contributed by atoms with Gasteiger partial charge in [0.05, 0.1) is 12.5 Å². The first-order valence-corrected chi connectivity index (χ1v) is 9.33. The maximum Gasteiger partial charge on any atom is 0.336 e. The molecular weight excluding hydrogens is 368 g/mol. The van der Waals surface area contributed by atoms with Crippen LogP contribution in [-0.2, 0) is 9.59 Å². The number of nitrogens with zero attached hydrogens (tertiary/aromatic N) is 1. The fraction of sp³-hybridized carbons (Fsp3) is 0.174. The molecule has 0 fully saturated rings. The molecule has 0 saturated heterocycles. The first kappa shape index (κ1) is 18.7. The maximum atomic E-state index is 12.8. The van der Waals surface area contributed by atoms with Crippen LogP contribution in [-0.4, -0.2) is 16.7 Å². The van der Waals surface area contributed by atoms with Crippen LogP contribution in [0.15, 0.2) is 63.9 Å². The van der Waals surface area contributed by atoms with Crippen molar-refractivity contribution in [3.63, 3.8) is 0 Å². The number of fused-ring (bicyclic) bond motifs is 2. The van der Waals surface area contributed by atoms with Crippen molar-refractivity contribution in [1.29, 1.82) is 0 Å². The van der Waals surface area contributed by atoms with Crippen LogP contribution < -0.4 is 10.9 Å². The quantitative estimate of drug-likeness (QED) is 0.688. The lowest BCUT2D eigenvalue weighted by Gasteiger charge is -2.32. The smallest absolute Gasteiger partial charge is 0.336 e. The lowest BCUT2D eigenvalue weighted by molar-refractivity contribution is -0.129. The molecular formula is C23H20N2O4. The maximum absolute atomic E-state index is 12.8. The number of amides is 2. The van der Waals surface area contributed by atoms with Gasteiger partial charge in [-0.1, -0.05) is 24.3 Å². The van der Waals surface area contributed by atoms with E-state index >= 15 is 0 Å². The summed E-state index contributed by atoms with van der Waals surface area (Å²) < 4.78 is 5.24. The Morgan fingerprint density at radius 2 is 1.93 bits per heavy atom. The second-order valence-electron chi connectivity index (χ2n) is 7.10. The number of nitrogens with one attached hydrogen (secondary N) is 1. The number of rotatable bonds is 3. The van der Waals surface area contributed by atoms with E-state index in [1.54, 1.807) is 23.2 Å². The highest BCUT2D eigenvalue weighted by atomic mass is 16.4. The molecule has 3 aromatic rings. The zero-order valence-corrected chi connectivity index (χ0v) is 16.1. The zero-order valence-electron chi connectivity index (χ0n) is 16.1. The minimum atomic E-state index is -0.429. The second-order valence-corrected chi connectivity index (χ2v) is 7.10. The predicted molar refractivity (Wildman–Crippen MR) is 111 cm³/mol. The van der Waals surface area contributed by atoms with Crippen molar-refractivity contribution in [1.82, 2.24) is 4.90 Å². The molecule has 1 aliphatic rings. The van der Waals surface area contributed by atoms with Gasteiger partial charge in [0.2, 0.25) is 11.8 Å². The minimum Gasteiger partial charge on any atom is -0.423 e.